The Morgan fingerprint density at radius 2 is 0.821 bits per heavy atom. The third-order valence-corrected chi connectivity index (χ3v) is 11.4. The molecule has 0 fully saturated rings. The molecule has 2 heteroatoms. The van der Waals surface area contributed by atoms with Crippen molar-refractivity contribution in [2.24, 2.45) is 0 Å². The van der Waals surface area contributed by atoms with E-state index in [-0.39, 0.29) is 0 Å². The number of benzene rings is 10. The molecule has 56 heavy (non-hydrogen) atoms. The number of fused-ring (bicyclic) bond motifs is 8. The van der Waals surface area contributed by atoms with Crippen LogP contribution in [0.1, 0.15) is 0 Å². The van der Waals surface area contributed by atoms with Crippen molar-refractivity contribution in [3.8, 4) is 27.9 Å². The lowest BCUT2D eigenvalue weighted by molar-refractivity contribution is 1.19. The molecule has 0 amide bonds. The average molecular weight is 713 g/mol. The van der Waals surface area contributed by atoms with Gasteiger partial charge in [0.25, 0.3) is 0 Å². The Morgan fingerprint density at radius 3 is 1.61 bits per heavy atom. The van der Waals surface area contributed by atoms with Gasteiger partial charge in [0, 0.05) is 38.8 Å². The number of nitrogens with zero attached hydrogens (tertiary/aromatic N) is 2. The van der Waals surface area contributed by atoms with Crippen LogP contribution in [0.25, 0.3) is 82.1 Å². The summed E-state index contributed by atoms with van der Waals surface area (Å²) in [6, 6.07) is 79.4. The zero-order valence-electron chi connectivity index (χ0n) is 30.7. The number of hydrogen-bond donors (Lipinski definition) is 0. The molecule has 0 saturated heterocycles. The lowest BCUT2D eigenvalue weighted by atomic mass is 10.00. The van der Waals surface area contributed by atoms with Crippen molar-refractivity contribution in [2.45, 2.75) is 0 Å². The monoisotopic (exact) mass is 712 g/mol. The fourth-order valence-electron chi connectivity index (χ4n) is 8.70. The molecule has 0 atom stereocenters. The average Bonchev–Trinajstić information content (AvgIpc) is 3.62. The van der Waals surface area contributed by atoms with E-state index in [9.17, 15) is 0 Å². The van der Waals surface area contributed by atoms with E-state index in [4.69, 9.17) is 0 Å². The van der Waals surface area contributed by atoms with Gasteiger partial charge in [-0.3, -0.25) is 0 Å². The van der Waals surface area contributed by atoms with Crippen LogP contribution in [-0.4, -0.2) is 4.57 Å². The Kier molecular flexibility index (Phi) is 7.53. The molecule has 0 bridgehead atoms. The number of hydrogen-bond acceptors (Lipinski definition) is 1. The Hall–Kier alpha value is -7.42. The summed E-state index contributed by atoms with van der Waals surface area (Å²) in [6.07, 6.45) is 0. The van der Waals surface area contributed by atoms with Gasteiger partial charge in [-0.1, -0.05) is 170 Å². The van der Waals surface area contributed by atoms with Crippen molar-refractivity contribution >= 4 is 71.2 Å². The van der Waals surface area contributed by atoms with Gasteiger partial charge in [0.15, 0.2) is 0 Å². The maximum absolute atomic E-state index is 2.47. The number of para-hydroxylation sites is 2. The highest BCUT2D eigenvalue weighted by molar-refractivity contribution is 6.19. The summed E-state index contributed by atoms with van der Waals surface area (Å²) < 4.78 is 2.47. The van der Waals surface area contributed by atoms with Gasteiger partial charge in [-0.25, -0.2) is 0 Å². The normalized spacial score (nSPS) is 11.6. The van der Waals surface area contributed by atoms with Crippen LogP contribution < -0.4 is 4.90 Å². The van der Waals surface area contributed by atoms with Crippen LogP contribution in [0.2, 0.25) is 0 Å². The fraction of sp³-hybridized carbons (Fsp3) is 0. The van der Waals surface area contributed by atoms with E-state index in [0.29, 0.717) is 0 Å². The number of aromatic nitrogens is 1. The van der Waals surface area contributed by atoms with Gasteiger partial charge in [0.1, 0.15) is 0 Å². The second-order valence-corrected chi connectivity index (χ2v) is 14.5. The highest BCUT2D eigenvalue weighted by Crippen LogP contribution is 2.42. The summed E-state index contributed by atoms with van der Waals surface area (Å²) >= 11 is 0. The highest BCUT2D eigenvalue weighted by atomic mass is 15.1. The Bertz CT molecular complexity index is 3230. The minimum Gasteiger partial charge on any atom is -0.310 e. The first-order valence-electron chi connectivity index (χ1n) is 19.3. The van der Waals surface area contributed by atoms with Gasteiger partial charge < -0.3 is 9.47 Å². The first-order valence-corrected chi connectivity index (χ1v) is 19.3. The van der Waals surface area contributed by atoms with Gasteiger partial charge >= 0.3 is 0 Å². The standard InChI is InChI=1S/C54H36N2/c1-2-12-37(13-3-1)38-24-29-43(30-25-38)55(45-33-35-47-42(36-45)23-22-39-14-4-6-16-46(39)47)44-31-26-41(27-32-44)48-17-8-10-20-52(48)56-53-21-11-9-19-50(53)51-34-28-40-15-5-7-18-49(40)54(51)56/h1-36H. The summed E-state index contributed by atoms with van der Waals surface area (Å²) in [4.78, 5) is 2.37. The predicted molar refractivity (Wildman–Crippen MR) is 239 cm³/mol. The molecule has 0 N–H and O–H groups in total. The molecule has 11 aromatic rings. The summed E-state index contributed by atoms with van der Waals surface area (Å²) in [6.45, 7) is 0. The predicted octanol–water partition coefficient (Wildman–Crippen LogP) is 15.0. The van der Waals surface area contributed by atoms with Gasteiger partial charge in [-0.05, 0) is 92.2 Å². The lowest BCUT2D eigenvalue weighted by Crippen LogP contribution is -2.10. The summed E-state index contributed by atoms with van der Waals surface area (Å²) in [5, 5.41) is 10.0. The zero-order valence-corrected chi connectivity index (χ0v) is 30.7. The highest BCUT2D eigenvalue weighted by Gasteiger charge is 2.19. The number of anilines is 3. The molecular weight excluding hydrogens is 677 g/mol. The van der Waals surface area contributed by atoms with Crippen LogP contribution in [0.5, 0.6) is 0 Å². The summed E-state index contributed by atoms with van der Waals surface area (Å²) in [7, 11) is 0. The van der Waals surface area contributed by atoms with E-state index in [1.54, 1.807) is 0 Å². The molecular formula is C54H36N2. The van der Waals surface area contributed by atoms with E-state index in [0.717, 1.165) is 22.7 Å². The molecule has 2 nitrogen and oxygen atoms in total. The molecule has 262 valence electrons. The van der Waals surface area contributed by atoms with Crippen molar-refractivity contribution in [3.63, 3.8) is 0 Å². The van der Waals surface area contributed by atoms with Crippen molar-refractivity contribution in [3.05, 3.63) is 218 Å². The maximum Gasteiger partial charge on any atom is 0.0619 e. The molecule has 11 rings (SSSR count). The van der Waals surface area contributed by atoms with Crippen LogP contribution in [0, 0.1) is 0 Å². The zero-order chi connectivity index (χ0) is 37.0. The molecule has 0 aliphatic carbocycles. The third-order valence-electron chi connectivity index (χ3n) is 11.4. The number of rotatable bonds is 6. The third kappa shape index (κ3) is 5.26. The first kappa shape index (κ1) is 32.0. The van der Waals surface area contributed by atoms with E-state index in [2.05, 4.69) is 228 Å². The second-order valence-electron chi connectivity index (χ2n) is 14.5. The lowest BCUT2D eigenvalue weighted by Gasteiger charge is -2.26. The van der Waals surface area contributed by atoms with E-state index in [1.165, 1.54) is 76.4 Å². The van der Waals surface area contributed by atoms with Crippen LogP contribution >= 0.6 is 0 Å². The largest absolute Gasteiger partial charge is 0.310 e. The molecule has 1 heterocycles. The minimum absolute atomic E-state index is 1.10. The van der Waals surface area contributed by atoms with Crippen LogP contribution in [0.4, 0.5) is 17.1 Å². The summed E-state index contributed by atoms with van der Waals surface area (Å²) in [5.41, 5.74) is 11.7. The molecule has 0 radical (unpaired) electrons. The Morgan fingerprint density at radius 1 is 0.304 bits per heavy atom. The van der Waals surface area contributed by atoms with Crippen molar-refractivity contribution in [1.29, 1.82) is 0 Å². The topological polar surface area (TPSA) is 8.17 Å². The maximum atomic E-state index is 2.47. The minimum atomic E-state index is 1.10. The van der Waals surface area contributed by atoms with Gasteiger partial charge in [0.2, 0.25) is 0 Å². The molecule has 0 aliphatic heterocycles. The first-order chi connectivity index (χ1) is 27.8. The fourth-order valence-corrected chi connectivity index (χ4v) is 8.70. The molecule has 0 spiro atoms. The van der Waals surface area contributed by atoms with Crippen LogP contribution in [0.3, 0.4) is 0 Å². The van der Waals surface area contributed by atoms with Gasteiger partial charge in [-0.15, -0.1) is 0 Å². The van der Waals surface area contributed by atoms with Gasteiger partial charge in [-0.2, -0.15) is 0 Å². The Labute approximate surface area is 325 Å². The quantitative estimate of drug-likeness (QED) is 0.156. The van der Waals surface area contributed by atoms with Crippen molar-refractivity contribution in [2.75, 3.05) is 4.90 Å². The Balaban J connectivity index is 1.05. The van der Waals surface area contributed by atoms with Crippen LogP contribution in [-0.2, 0) is 0 Å². The van der Waals surface area contributed by atoms with Crippen molar-refractivity contribution in [1.82, 2.24) is 4.57 Å². The SMILES string of the molecule is c1ccc(-c2ccc(N(c3ccc(-c4ccccc4-n4c5ccccc5c5ccc6ccccc6c54)cc3)c3ccc4c(ccc5ccccc54)c3)cc2)cc1. The van der Waals surface area contributed by atoms with E-state index in [1.807, 2.05) is 0 Å². The second kappa shape index (κ2) is 13.2. The molecule has 1 aromatic heterocycles. The van der Waals surface area contributed by atoms with Crippen LogP contribution in [0.15, 0.2) is 218 Å². The van der Waals surface area contributed by atoms with Gasteiger partial charge in [0.05, 0.1) is 16.7 Å². The van der Waals surface area contributed by atoms with E-state index >= 15 is 0 Å². The smallest absolute Gasteiger partial charge is 0.0619 e. The van der Waals surface area contributed by atoms with E-state index < -0.39 is 0 Å². The molecule has 0 saturated carbocycles. The summed E-state index contributed by atoms with van der Waals surface area (Å²) in [5.74, 6) is 0. The van der Waals surface area contributed by atoms with Crippen molar-refractivity contribution < 1.29 is 0 Å². The molecule has 10 aromatic carbocycles. The molecule has 0 aliphatic rings. The molecule has 0 unspecified atom stereocenters.